The molecule has 0 aromatic rings. The summed E-state index contributed by atoms with van der Waals surface area (Å²) in [5, 5.41) is 0. The lowest BCUT2D eigenvalue weighted by Gasteiger charge is -2.34. The molecule has 1 aliphatic rings. The molecule has 3 nitrogen and oxygen atoms in total. The number of nitrogens with zero attached hydrogens (tertiary/aromatic N) is 2. The summed E-state index contributed by atoms with van der Waals surface area (Å²) in [4.78, 5) is 4.88. The van der Waals surface area contributed by atoms with Crippen LogP contribution < -0.4 is 5.73 Å². The zero-order chi connectivity index (χ0) is 11.3. The van der Waals surface area contributed by atoms with Gasteiger partial charge in [-0.1, -0.05) is 6.92 Å². The van der Waals surface area contributed by atoms with Crippen molar-refractivity contribution in [2.45, 2.75) is 44.7 Å². The van der Waals surface area contributed by atoms with E-state index >= 15 is 0 Å². The second-order valence-electron chi connectivity index (χ2n) is 4.95. The van der Waals surface area contributed by atoms with E-state index in [1.165, 1.54) is 38.8 Å². The van der Waals surface area contributed by atoms with E-state index in [9.17, 15) is 0 Å². The Hall–Kier alpha value is -0.120. The summed E-state index contributed by atoms with van der Waals surface area (Å²) in [6.45, 7) is 5.71. The molecule has 0 aromatic carbocycles. The van der Waals surface area contributed by atoms with Crippen LogP contribution in [-0.2, 0) is 0 Å². The topological polar surface area (TPSA) is 32.5 Å². The first kappa shape index (κ1) is 12.9. The summed E-state index contributed by atoms with van der Waals surface area (Å²) >= 11 is 0. The summed E-state index contributed by atoms with van der Waals surface area (Å²) in [6.07, 6.45) is 4.98. The van der Waals surface area contributed by atoms with Gasteiger partial charge in [0.25, 0.3) is 0 Å². The Morgan fingerprint density at radius 3 is 2.20 bits per heavy atom. The van der Waals surface area contributed by atoms with Gasteiger partial charge in [-0.05, 0) is 46.3 Å². The fraction of sp³-hybridized carbons (Fsp3) is 1.00. The molecule has 1 aliphatic carbocycles. The molecule has 0 aromatic heterocycles. The van der Waals surface area contributed by atoms with Crippen molar-refractivity contribution in [3.8, 4) is 0 Å². The van der Waals surface area contributed by atoms with E-state index in [4.69, 9.17) is 5.73 Å². The van der Waals surface area contributed by atoms with E-state index in [2.05, 4.69) is 30.8 Å². The molecule has 15 heavy (non-hydrogen) atoms. The summed E-state index contributed by atoms with van der Waals surface area (Å²) in [5.41, 5.74) is 5.91. The van der Waals surface area contributed by atoms with Gasteiger partial charge < -0.3 is 15.5 Å². The van der Waals surface area contributed by atoms with Gasteiger partial charge in [0.1, 0.15) is 0 Å². The van der Waals surface area contributed by atoms with Crippen LogP contribution >= 0.6 is 0 Å². The fourth-order valence-electron chi connectivity index (χ4n) is 2.21. The van der Waals surface area contributed by atoms with Crippen molar-refractivity contribution in [2.75, 3.05) is 33.7 Å². The van der Waals surface area contributed by atoms with Gasteiger partial charge in [0.05, 0.1) is 0 Å². The number of likely N-dealkylation sites (N-methyl/N-ethyl adjacent to an activating group) is 2. The molecule has 0 unspecified atom stereocenters. The first-order valence-electron chi connectivity index (χ1n) is 6.27. The first-order chi connectivity index (χ1) is 7.13. The maximum Gasteiger partial charge on any atom is 0.0109 e. The van der Waals surface area contributed by atoms with E-state index in [-0.39, 0.29) is 0 Å². The van der Waals surface area contributed by atoms with Crippen LogP contribution in [0.15, 0.2) is 0 Å². The van der Waals surface area contributed by atoms with E-state index < -0.39 is 0 Å². The van der Waals surface area contributed by atoms with Crippen LogP contribution in [0.1, 0.15) is 32.6 Å². The quantitative estimate of drug-likeness (QED) is 0.743. The Kier molecular flexibility index (Phi) is 5.58. The van der Waals surface area contributed by atoms with Crippen LogP contribution in [0.25, 0.3) is 0 Å². The predicted octanol–water partition coefficient (Wildman–Crippen LogP) is 1.14. The normalized spacial score (nSPS) is 27.6. The Labute approximate surface area is 94.6 Å². The molecule has 0 radical (unpaired) electrons. The van der Waals surface area contributed by atoms with Gasteiger partial charge in [0.15, 0.2) is 0 Å². The highest BCUT2D eigenvalue weighted by Gasteiger charge is 2.21. The molecule has 1 fully saturated rings. The van der Waals surface area contributed by atoms with Crippen molar-refractivity contribution in [3.63, 3.8) is 0 Å². The van der Waals surface area contributed by atoms with Crippen LogP contribution in [0.5, 0.6) is 0 Å². The number of rotatable bonds is 5. The van der Waals surface area contributed by atoms with Crippen molar-refractivity contribution >= 4 is 0 Å². The van der Waals surface area contributed by atoms with Crippen molar-refractivity contribution in [3.05, 3.63) is 0 Å². The minimum absolute atomic E-state index is 0.466. The lowest BCUT2D eigenvalue weighted by Crippen LogP contribution is -2.41. The molecule has 0 aliphatic heterocycles. The Balaban J connectivity index is 2.19. The van der Waals surface area contributed by atoms with Crippen LogP contribution in [0.4, 0.5) is 0 Å². The highest BCUT2D eigenvalue weighted by molar-refractivity contribution is 4.79. The van der Waals surface area contributed by atoms with Gasteiger partial charge in [0, 0.05) is 25.2 Å². The number of hydrogen-bond donors (Lipinski definition) is 1. The summed E-state index contributed by atoms with van der Waals surface area (Å²) in [6, 6.07) is 1.24. The second kappa shape index (κ2) is 6.46. The standard InChI is InChI=1S/C12H27N3/c1-4-14(2)9-10-15(3)12-7-5-11(13)6-8-12/h11-12H,4-10,13H2,1-3H3. The number of nitrogens with two attached hydrogens (primary N) is 1. The second-order valence-corrected chi connectivity index (χ2v) is 4.95. The van der Waals surface area contributed by atoms with Crippen LogP contribution in [-0.4, -0.2) is 55.6 Å². The predicted molar refractivity (Wildman–Crippen MR) is 66.0 cm³/mol. The average molecular weight is 213 g/mol. The summed E-state index contributed by atoms with van der Waals surface area (Å²) < 4.78 is 0. The minimum atomic E-state index is 0.466. The molecule has 0 heterocycles. The van der Waals surface area contributed by atoms with Crippen molar-refractivity contribution in [1.29, 1.82) is 0 Å². The highest BCUT2D eigenvalue weighted by atomic mass is 15.2. The largest absolute Gasteiger partial charge is 0.328 e. The van der Waals surface area contributed by atoms with E-state index in [1.54, 1.807) is 0 Å². The fourth-order valence-corrected chi connectivity index (χ4v) is 2.21. The molecule has 0 amide bonds. The Bertz CT molecular complexity index is 164. The summed E-state index contributed by atoms with van der Waals surface area (Å²) in [5.74, 6) is 0. The molecule has 3 heteroatoms. The lowest BCUT2D eigenvalue weighted by molar-refractivity contribution is 0.165. The zero-order valence-corrected chi connectivity index (χ0v) is 10.6. The zero-order valence-electron chi connectivity index (χ0n) is 10.6. The van der Waals surface area contributed by atoms with Crippen LogP contribution in [0.2, 0.25) is 0 Å². The Morgan fingerprint density at radius 2 is 1.67 bits per heavy atom. The van der Waals surface area contributed by atoms with E-state index in [0.717, 1.165) is 12.6 Å². The van der Waals surface area contributed by atoms with Crippen molar-refractivity contribution < 1.29 is 0 Å². The Morgan fingerprint density at radius 1 is 1.07 bits per heavy atom. The average Bonchev–Trinajstić information content (AvgIpc) is 2.26. The number of hydrogen-bond acceptors (Lipinski definition) is 3. The van der Waals surface area contributed by atoms with Gasteiger partial charge in [-0.25, -0.2) is 0 Å². The molecule has 0 spiro atoms. The van der Waals surface area contributed by atoms with Gasteiger partial charge in [0.2, 0.25) is 0 Å². The lowest BCUT2D eigenvalue weighted by atomic mass is 9.91. The third-order valence-corrected chi connectivity index (χ3v) is 3.74. The first-order valence-corrected chi connectivity index (χ1v) is 6.27. The van der Waals surface area contributed by atoms with Gasteiger partial charge in [-0.3, -0.25) is 0 Å². The van der Waals surface area contributed by atoms with Crippen LogP contribution in [0.3, 0.4) is 0 Å². The molecule has 1 rings (SSSR count). The van der Waals surface area contributed by atoms with Gasteiger partial charge in [-0.2, -0.15) is 0 Å². The maximum atomic E-state index is 5.91. The molecule has 0 bridgehead atoms. The monoisotopic (exact) mass is 213 g/mol. The van der Waals surface area contributed by atoms with Crippen LogP contribution in [0, 0.1) is 0 Å². The molecule has 2 N–H and O–H groups in total. The highest BCUT2D eigenvalue weighted by Crippen LogP contribution is 2.20. The van der Waals surface area contributed by atoms with Crippen molar-refractivity contribution in [1.82, 2.24) is 9.80 Å². The molecule has 90 valence electrons. The summed E-state index contributed by atoms with van der Waals surface area (Å²) in [7, 11) is 4.44. The van der Waals surface area contributed by atoms with E-state index in [1.807, 2.05) is 0 Å². The molecular formula is C12H27N3. The molecule has 0 atom stereocenters. The molecular weight excluding hydrogens is 186 g/mol. The SMILES string of the molecule is CCN(C)CCN(C)C1CCC(N)CC1. The molecule has 0 saturated heterocycles. The smallest absolute Gasteiger partial charge is 0.0109 e. The van der Waals surface area contributed by atoms with Gasteiger partial charge >= 0.3 is 0 Å². The third-order valence-electron chi connectivity index (χ3n) is 3.74. The van der Waals surface area contributed by atoms with Gasteiger partial charge in [-0.15, -0.1) is 0 Å². The van der Waals surface area contributed by atoms with E-state index in [0.29, 0.717) is 6.04 Å². The maximum absolute atomic E-state index is 5.91. The minimum Gasteiger partial charge on any atom is -0.328 e. The molecule has 1 saturated carbocycles. The third kappa shape index (κ3) is 4.49. The van der Waals surface area contributed by atoms with Crippen molar-refractivity contribution in [2.24, 2.45) is 5.73 Å².